The first-order valence-electron chi connectivity index (χ1n) is 13.5. The van der Waals surface area contributed by atoms with Gasteiger partial charge in [0.15, 0.2) is 11.5 Å². The molecule has 10 nitrogen and oxygen atoms in total. The van der Waals surface area contributed by atoms with Crippen molar-refractivity contribution in [2.45, 2.75) is 32.0 Å². The Morgan fingerprint density at radius 3 is 2.60 bits per heavy atom. The van der Waals surface area contributed by atoms with Crippen LogP contribution in [0, 0.1) is 6.92 Å². The molecule has 2 aromatic carbocycles. The standard InChI is InChI=1S/C30H40N4O6/c1-24-5-8-26(9-6-24)40-22-30(36)20-33(14-15-34(21-30)29(35)19-37-2)18-25-7-10-27(28(17-25)38-3)39-16-4-12-32-13-11-31-23-32/h5-11,13,17,23,36H,4,12,14-16,18-22H2,1-3H3/t30-/m1/s1. The van der Waals surface area contributed by atoms with Gasteiger partial charge in [-0.05, 0) is 43.2 Å². The zero-order valence-electron chi connectivity index (χ0n) is 23.6. The number of aromatic nitrogens is 2. The first-order chi connectivity index (χ1) is 19.4. The first kappa shape index (κ1) is 29.4. The number of rotatable bonds is 13. The van der Waals surface area contributed by atoms with Crippen LogP contribution in [0.1, 0.15) is 17.5 Å². The Balaban J connectivity index is 1.41. The van der Waals surface area contributed by atoms with Gasteiger partial charge in [-0.1, -0.05) is 23.8 Å². The van der Waals surface area contributed by atoms with Crippen molar-refractivity contribution in [1.29, 1.82) is 0 Å². The number of β-amino-alcohol motifs (C(OH)–C–C–N with tert-alkyl or cyclic N) is 1. The van der Waals surface area contributed by atoms with Crippen molar-refractivity contribution < 1.29 is 28.8 Å². The SMILES string of the molecule is COCC(=O)N1CCN(Cc2ccc(OCCCn3ccnc3)c(OC)c2)C[C@](O)(COc2ccc(C)cc2)C1. The summed E-state index contributed by atoms with van der Waals surface area (Å²) in [6.45, 7) is 5.55. The third-order valence-corrected chi connectivity index (χ3v) is 6.85. The van der Waals surface area contributed by atoms with Crippen LogP contribution in [-0.4, -0.2) is 96.2 Å². The van der Waals surface area contributed by atoms with Crippen LogP contribution in [0.2, 0.25) is 0 Å². The fraction of sp³-hybridized carbons (Fsp3) is 0.467. The molecule has 0 bridgehead atoms. The Bertz CT molecular complexity index is 1200. The highest BCUT2D eigenvalue weighted by molar-refractivity contribution is 5.77. The minimum Gasteiger partial charge on any atom is -0.493 e. The van der Waals surface area contributed by atoms with Gasteiger partial charge in [0.1, 0.15) is 24.6 Å². The molecule has 10 heteroatoms. The Morgan fingerprint density at radius 1 is 1.05 bits per heavy atom. The summed E-state index contributed by atoms with van der Waals surface area (Å²) in [6.07, 6.45) is 6.33. The summed E-state index contributed by atoms with van der Waals surface area (Å²) in [5, 5.41) is 11.7. The number of hydrogen-bond donors (Lipinski definition) is 1. The molecule has 1 aliphatic rings. The van der Waals surface area contributed by atoms with Crippen molar-refractivity contribution in [1.82, 2.24) is 19.4 Å². The summed E-state index contributed by atoms with van der Waals surface area (Å²) >= 11 is 0. The number of carbonyl (C=O) groups excluding carboxylic acids is 1. The number of aliphatic hydroxyl groups is 1. The van der Waals surface area contributed by atoms with Gasteiger partial charge in [-0.25, -0.2) is 4.98 Å². The van der Waals surface area contributed by atoms with Crippen LogP contribution in [-0.2, 0) is 22.6 Å². The number of hydrogen-bond acceptors (Lipinski definition) is 8. The van der Waals surface area contributed by atoms with Crippen molar-refractivity contribution in [3.63, 3.8) is 0 Å². The summed E-state index contributed by atoms with van der Waals surface area (Å²) in [7, 11) is 3.12. The molecule has 216 valence electrons. The number of carbonyl (C=O) groups is 1. The number of aryl methyl sites for hydroxylation is 2. The van der Waals surface area contributed by atoms with E-state index in [-0.39, 0.29) is 25.7 Å². The second kappa shape index (κ2) is 14.2. The van der Waals surface area contributed by atoms with E-state index in [0.29, 0.717) is 50.0 Å². The van der Waals surface area contributed by atoms with Crippen molar-refractivity contribution >= 4 is 5.91 Å². The van der Waals surface area contributed by atoms with Crippen LogP contribution in [0.3, 0.4) is 0 Å². The Labute approximate surface area is 236 Å². The number of imidazole rings is 1. The molecule has 0 saturated carbocycles. The van der Waals surface area contributed by atoms with Crippen LogP contribution >= 0.6 is 0 Å². The maximum absolute atomic E-state index is 12.7. The van der Waals surface area contributed by atoms with Crippen LogP contribution < -0.4 is 14.2 Å². The van der Waals surface area contributed by atoms with Gasteiger partial charge in [0.2, 0.25) is 5.91 Å². The number of benzene rings is 2. The van der Waals surface area contributed by atoms with E-state index in [2.05, 4.69) is 9.88 Å². The van der Waals surface area contributed by atoms with Gasteiger partial charge < -0.3 is 33.5 Å². The molecule has 0 unspecified atom stereocenters. The zero-order chi connectivity index (χ0) is 28.4. The summed E-state index contributed by atoms with van der Waals surface area (Å²) < 4.78 is 24.7. The third kappa shape index (κ3) is 8.45. The van der Waals surface area contributed by atoms with E-state index in [9.17, 15) is 9.90 Å². The maximum Gasteiger partial charge on any atom is 0.248 e. The van der Waals surface area contributed by atoms with E-state index in [1.807, 2.05) is 60.2 Å². The van der Waals surface area contributed by atoms with E-state index in [0.717, 1.165) is 24.1 Å². The van der Waals surface area contributed by atoms with Crippen LogP contribution in [0.4, 0.5) is 0 Å². The highest BCUT2D eigenvalue weighted by Crippen LogP contribution is 2.29. The molecule has 0 spiro atoms. The summed E-state index contributed by atoms with van der Waals surface area (Å²) in [6, 6.07) is 13.6. The van der Waals surface area contributed by atoms with Crippen LogP contribution in [0.25, 0.3) is 0 Å². The molecule has 0 radical (unpaired) electrons. The minimum atomic E-state index is -1.27. The first-order valence-corrected chi connectivity index (χ1v) is 13.5. The lowest BCUT2D eigenvalue weighted by atomic mass is 10.0. The van der Waals surface area contributed by atoms with Crippen LogP contribution in [0.15, 0.2) is 61.2 Å². The molecule has 1 saturated heterocycles. The molecule has 1 amide bonds. The van der Waals surface area contributed by atoms with Crippen molar-refractivity contribution in [2.24, 2.45) is 0 Å². The number of ether oxygens (including phenoxy) is 4. The van der Waals surface area contributed by atoms with E-state index < -0.39 is 5.60 Å². The highest BCUT2D eigenvalue weighted by atomic mass is 16.5. The second-order valence-electron chi connectivity index (χ2n) is 10.3. The Kier molecular flexibility index (Phi) is 10.4. The molecule has 0 aliphatic carbocycles. The highest BCUT2D eigenvalue weighted by Gasteiger charge is 2.37. The summed E-state index contributed by atoms with van der Waals surface area (Å²) in [5.74, 6) is 1.86. The Hall–Kier alpha value is -3.60. The zero-order valence-corrected chi connectivity index (χ0v) is 23.6. The maximum atomic E-state index is 12.7. The van der Waals surface area contributed by atoms with Gasteiger partial charge in [-0.2, -0.15) is 0 Å². The molecule has 1 aliphatic heterocycles. The fourth-order valence-electron chi connectivity index (χ4n) is 4.78. The van der Waals surface area contributed by atoms with Gasteiger partial charge in [0, 0.05) is 52.2 Å². The van der Waals surface area contributed by atoms with Crippen molar-refractivity contribution in [3.05, 3.63) is 72.3 Å². The average molecular weight is 553 g/mol. The third-order valence-electron chi connectivity index (χ3n) is 6.85. The molecular formula is C30H40N4O6. The number of nitrogens with zero attached hydrogens (tertiary/aromatic N) is 4. The minimum absolute atomic E-state index is 0.0319. The molecule has 1 aromatic heterocycles. The molecule has 3 aromatic rings. The van der Waals surface area contributed by atoms with E-state index >= 15 is 0 Å². The van der Waals surface area contributed by atoms with E-state index in [4.69, 9.17) is 18.9 Å². The predicted octanol–water partition coefficient (Wildman–Crippen LogP) is 2.77. The lowest BCUT2D eigenvalue weighted by Gasteiger charge is -2.33. The summed E-state index contributed by atoms with van der Waals surface area (Å²) in [5.41, 5.74) is 0.873. The number of methoxy groups -OCH3 is 2. The Morgan fingerprint density at radius 2 is 1.88 bits per heavy atom. The van der Waals surface area contributed by atoms with Gasteiger partial charge in [0.05, 0.1) is 26.6 Å². The van der Waals surface area contributed by atoms with Gasteiger partial charge >= 0.3 is 0 Å². The van der Waals surface area contributed by atoms with E-state index in [1.165, 1.54) is 7.11 Å². The largest absolute Gasteiger partial charge is 0.493 e. The molecule has 2 heterocycles. The second-order valence-corrected chi connectivity index (χ2v) is 10.3. The number of amides is 1. The molecule has 1 fully saturated rings. The topological polar surface area (TPSA) is 98.5 Å². The molecule has 4 rings (SSSR count). The average Bonchev–Trinajstić information content (AvgIpc) is 3.41. The van der Waals surface area contributed by atoms with Gasteiger partial charge in [-0.15, -0.1) is 0 Å². The van der Waals surface area contributed by atoms with Crippen molar-refractivity contribution in [2.75, 3.05) is 60.2 Å². The van der Waals surface area contributed by atoms with Crippen molar-refractivity contribution in [3.8, 4) is 17.2 Å². The molecule has 1 N–H and O–H groups in total. The lowest BCUT2D eigenvalue weighted by molar-refractivity contribution is -0.138. The van der Waals surface area contributed by atoms with Gasteiger partial charge in [-0.3, -0.25) is 9.69 Å². The molecule has 1 atom stereocenters. The molecular weight excluding hydrogens is 512 g/mol. The normalized spacial score (nSPS) is 17.9. The van der Waals surface area contributed by atoms with Gasteiger partial charge in [0.25, 0.3) is 0 Å². The molecule has 40 heavy (non-hydrogen) atoms. The quantitative estimate of drug-likeness (QED) is 0.324. The lowest BCUT2D eigenvalue weighted by Crippen LogP contribution is -2.52. The smallest absolute Gasteiger partial charge is 0.248 e. The fourth-order valence-corrected chi connectivity index (χ4v) is 4.78. The summed E-state index contributed by atoms with van der Waals surface area (Å²) in [4.78, 5) is 20.6. The van der Waals surface area contributed by atoms with Crippen LogP contribution in [0.5, 0.6) is 17.2 Å². The van der Waals surface area contributed by atoms with E-state index in [1.54, 1.807) is 24.5 Å². The predicted molar refractivity (Wildman–Crippen MR) is 151 cm³/mol. The monoisotopic (exact) mass is 552 g/mol.